The first-order valence-corrected chi connectivity index (χ1v) is 13.8. The predicted molar refractivity (Wildman–Crippen MR) is 137 cm³/mol. The van der Waals surface area contributed by atoms with Crippen molar-refractivity contribution < 1.29 is 23.1 Å². The van der Waals surface area contributed by atoms with Gasteiger partial charge in [-0.15, -0.1) is 0 Å². The summed E-state index contributed by atoms with van der Waals surface area (Å²) in [6.45, 7) is 3.19. The van der Waals surface area contributed by atoms with Crippen molar-refractivity contribution in [3.63, 3.8) is 0 Å². The summed E-state index contributed by atoms with van der Waals surface area (Å²) in [5.74, 6) is -0.931. The van der Waals surface area contributed by atoms with Crippen molar-refractivity contribution in [2.45, 2.75) is 50.1 Å². The van der Waals surface area contributed by atoms with E-state index in [1.54, 1.807) is 52.2 Å². The number of carbonyl (C=O) groups excluding carboxylic acids is 1. The lowest BCUT2D eigenvalue weighted by Gasteiger charge is -2.38. The Labute approximate surface area is 215 Å². The highest BCUT2D eigenvalue weighted by atomic mass is 32.2. The van der Waals surface area contributed by atoms with Gasteiger partial charge in [0.05, 0.1) is 4.90 Å². The van der Waals surface area contributed by atoms with Crippen molar-refractivity contribution in [3.05, 3.63) is 54.5 Å². The summed E-state index contributed by atoms with van der Waals surface area (Å²) >= 11 is 0. The van der Waals surface area contributed by atoms with Crippen molar-refractivity contribution in [3.8, 4) is 6.07 Å². The Hall–Kier alpha value is -3.62. The molecule has 3 heterocycles. The summed E-state index contributed by atoms with van der Waals surface area (Å²) in [6.07, 6.45) is 4.73. The van der Waals surface area contributed by atoms with Gasteiger partial charge in [-0.1, -0.05) is 13.0 Å². The zero-order valence-corrected chi connectivity index (χ0v) is 21.4. The number of piperidine rings is 1. The second-order valence-corrected chi connectivity index (χ2v) is 11.3. The van der Waals surface area contributed by atoms with Crippen molar-refractivity contribution in [1.82, 2.24) is 19.2 Å². The van der Waals surface area contributed by atoms with Crippen LogP contribution in [0.3, 0.4) is 0 Å². The number of aliphatic carboxylic acids is 1. The van der Waals surface area contributed by atoms with Gasteiger partial charge in [-0.3, -0.25) is 9.59 Å². The molecule has 1 aliphatic rings. The molecule has 10 nitrogen and oxygen atoms in total. The van der Waals surface area contributed by atoms with Gasteiger partial charge < -0.3 is 19.6 Å². The van der Waals surface area contributed by atoms with E-state index in [4.69, 9.17) is 5.11 Å². The topological polar surface area (TPSA) is 148 Å². The highest BCUT2D eigenvalue weighted by Crippen LogP contribution is 2.28. The first-order chi connectivity index (χ1) is 17.7. The lowest BCUT2D eigenvalue weighted by atomic mass is 9.83. The van der Waals surface area contributed by atoms with E-state index in [1.807, 2.05) is 0 Å². The van der Waals surface area contributed by atoms with Crippen LogP contribution in [-0.2, 0) is 26.2 Å². The van der Waals surface area contributed by atoms with Crippen LogP contribution in [0.1, 0.15) is 38.3 Å². The number of carbonyl (C=O) groups is 2. The third-order valence-electron chi connectivity index (χ3n) is 7.20. The molecule has 4 rings (SSSR count). The van der Waals surface area contributed by atoms with Crippen LogP contribution in [0.2, 0.25) is 0 Å². The average Bonchev–Trinajstić information content (AvgIpc) is 3.54. The maximum Gasteiger partial charge on any atom is 0.303 e. The van der Waals surface area contributed by atoms with E-state index in [1.165, 1.54) is 6.07 Å². The summed E-state index contributed by atoms with van der Waals surface area (Å²) in [6, 6.07) is 11.0. The van der Waals surface area contributed by atoms with Crippen LogP contribution in [0.4, 0.5) is 0 Å². The van der Waals surface area contributed by atoms with Gasteiger partial charge in [0, 0.05) is 49.4 Å². The van der Waals surface area contributed by atoms with Crippen LogP contribution < -0.4 is 4.72 Å². The number of nitriles is 1. The molecule has 3 aromatic rings. The van der Waals surface area contributed by atoms with Gasteiger partial charge in [-0.25, -0.2) is 8.42 Å². The lowest BCUT2D eigenvalue weighted by Crippen LogP contribution is -2.52. The number of H-pyrrole nitrogens is 1. The number of hydrogen-bond acceptors (Lipinski definition) is 5. The van der Waals surface area contributed by atoms with Crippen LogP contribution in [-0.4, -0.2) is 59.0 Å². The Morgan fingerprint density at radius 1 is 1.27 bits per heavy atom. The van der Waals surface area contributed by atoms with E-state index in [2.05, 4.69) is 22.7 Å². The maximum atomic E-state index is 13.7. The first-order valence-electron chi connectivity index (χ1n) is 12.3. The average molecular weight is 526 g/mol. The van der Waals surface area contributed by atoms with Gasteiger partial charge in [0.2, 0.25) is 15.9 Å². The first kappa shape index (κ1) is 26.4. The Morgan fingerprint density at radius 3 is 2.84 bits per heavy atom. The fraction of sp³-hybridized carbons (Fsp3) is 0.423. The standard InChI is InChI=1S/C26H31N5O5S/c1-18-10-14-31(17-19(18)7-8-25(32)33)26(34)23(11-15-30-13-3-4-20(30)16-27)29-37(35,36)24-6-2-5-22-21(24)9-12-28-22/h2-6,9,12-13,18-19,23,28-29H,7-8,10-11,14-15,17H2,1H3,(H,32,33)/t18-,19+,23?/m0/s1. The summed E-state index contributed by atoms with van der Waals surface area (Å²) in [5, 5.41) is 19.0. The number of rotatable bonds is 10. The van der Waals surface area contributed by atoms with E-state index >= 15 is 0 Å². The number of amides is 1. The molecular weight excluding hydrogens is 494 g/mol. The Kier molecular flexibility index (Phi) is 8.00. The van der Waals surface area contributed by atoms with Crippen molar-refractivity contribution in [1.29, 1.82) is 5.26 Å². The molecule has 3 atom stereocenters. The number of hydrogen-bond donors (Lipinski definition) is 3. The number of nitrogens with zero attached hydrogens (tertiary/aromatic N) is 3. The minimum atomic E-state index is -4.06. The number of fused-ring (bicyclic) bond motifs is 1. The largest absolute Gasteiger partial charge is 0.481 e. The molecule has 0 bridgehead atoms. The molecule has 37 heavy (non-hydrogen) atoms. The Morgan fingerprint density at radius 2 is 2.08 bits per heavy atom. The lowest BCUT2D eigenvalue weighted by molar-refractivity contribution is -0.138. The number of carboxylic acid groups (broad SMARTS) is 1. The molecular formula is C26H31N5O5S. The van der Waals surface area contributed by atoms with Crippen LogP contribution in [0.25, 0.3) is 10.9 Å². The van der Waals surface area contributed by atoms with Crippen LogP contribution in [0.5, 0.6) is 0 Å². The second kappa shape index (κ2) is 11.2. The SMILES string of the molecule is C[C@H]1CCN(C(=O)C(CCn2cccc2C#N)NS(=O)(=O)c2cccc3[nH]ccc23)C[C@H]1CCC(=O)O. The molecule has 0 radical (unpaired) electrons. The number of carboxylic acids is 1. The molecule has 0 aliphatic carbocycles. The quantitative estimate of drug-likeness (QED) is 0.371. The minimum absolute atomic E-state index is 0.0225. The number of benzene rings is 1. The number of sulfonamides is 1. The van der Waals surface area contributed by atoms with Gasteiger partial charge in [0.25, 0.3) is 0 Å². The fourth-order valence-electron chi connectivity index (χ4n) is 5.01. The van der Waals surface area contributed by atoms with E-state index in [0.29, 0.717) is 42.5 Å². The van der Waals surface area contributed by atoms with Gasteiger partial charge in [-0.05, 0) is 61.4 Å². The number of aromatic nitrogens is 2. The van der Waals surface area contributed by atoms with Crippen LogP contribution in [0, 0.1) is 23.2 Å². The van der Waals surface area contributed by atoms with E-state index in [0.717, 1.165) is 0 Å². The fourth-order valence-corrected chi connectivity index (χ4v) is 6.45. The predicted octanol–water partition coefficient (Wildman–Crippen LogP) is 2.93. The van der Waals surface area contributed by atoms with Crippen LogP contribution in [0.15, 0.2) is 53.7 Å². The molecule has 1 aromatic carbocycles. The number of nitrogens with one attached hydrogen (secondary N) is 2. The monoisotopic (exact) mass is 525 g/mol. The highest BCUT2D eigenvalue weighted by Gasteiger charge is 2.34. The molecule has 196 valence electrons. The highest BCUT2D eigenvalue weighted by molar-refractivity contribution is 7.89. The van der Waals surface area contributed by atoms with Crippen LogP contribution >= 0.6 is 0 Å². The van der Waals surface area contributed by atoms with E-state index < -0.39 is 22.0 Å². The minimum Gasteiger partial charge on any atom is -0.481 e. The van der Waals surface area contributed by atoms with E-state index in [-0.39, 0.29) is 42.0 Å². The zero-order chi connectivity index (χ0) is 26.6. The molecule has 1 saturated heterocycles. The summed E-state index contributed by atoms with van der Waals surface area (Å²) in [7, 11) is -4.06. The van der Waals surface area contributed by atoms with Gasteiger partial charge in [-0.2, -0.15) is 9.98 Å². The van der Waals surface area contributed by atoms with Crippen molar-refractivity contribution >= 4 is 32.8 Å². The van der Waals surface area contributed by atoms with Crippen molar-refractivity contribution in [2.24, 2.45) is 11.8 Å². The van der Waals surface area contributed by atoms with Gasteiger partial charge >= 0.3 is 5.97 Å². The van der Waals surface area contributed by atoms with E-state index in [9.17, 15) is 23.3 Å². The summed E-state index contributed by atoms with van der Waals surface area (Å²) in [5.41, 5.74) is 1.09. The summed E-state index contributed by atoms with van der Waals surface area (Å²) in [4.78, 5) is 29.6. The molecule has 0 spiro atoms. The molecule has 1 fully saturated rings. The molecule has 0 saturated carbocycles. The molecule has 3 N–H and O–H groups in total. The maximum absolute atomic E-state index is 13.7. The second-order valence-electron chi connectivity index (χ2n) is 9.60. The number of aryl methyl sites for hydroxylation is 1. The van der Waals surface area contributed by atoms with Gasteiger partial charge in [0.15, 0.2) is 0 Å². The zero-order valence-electron chi connectivity index (χ0n) is 20.6. The number of likely N-dealkylation sites (tertiary alicyclic amines) is 1. The van der Waals surface area contributed by atoms with Crippen molar-refractivity contribution in [2.75, 3.05) is 13.1 Å². The van der Waals surface area contributed by atoms with Gasteiger partial charge in [0.1, 0.15) is 17.8 Å². The molecule has 11 heteroatoms. The third-order valence-corrected chi connectivity index (χ3v) is 8.73. The molecule has 2 aromatic heterocycles. The number of aromatic amines is 1. The molecule has 1 unspecified atom stereocenters. The molecule has 1 amide bonds. The molecule has 1 aliphatic heterocycles. The summed E-state index contributed by atoms with van der Waals surface area (Å²) < 4.78 is 31.3. The normalized spacial score (nSPS) is 19.0. The Bertz CT molecular complexity index is 1420. The third kappa shape index (κ3) is 6.03. The Balaban J connectivity index is 1.58. The smallest absolute Gasteiger partial charge is 0.303 e.